The van der Waals surface area contributed by atoms with Crippen molar-refractivity contribution >= 4 is 11.5 Å². The molecule has 4 aliphatic carbocycles. The van der Waals surface area contributed by atoms with E-state index in [1.807, 2.05) is 18.5 Å². The molecule has 0 aliphatic heterocycles. The van der Waals surface area contributed by atoms with Crippen LogP contribution in [0, 0.1) is 22.7 Å². The smallest absolute Gasteiger partial charge is 0.302 e. The number of hydrogen-bond donors (Lipinski definition) is 0. The summed E-state index contributed by atoms with van der Waals surface area (Å²) >= 11 is 0. The topological polar surface area (TPSA) is 39.2 Å². The highest BCUT2D eigenvalue weighted by Crippen LogP contribution is 2.64. The monoisotopic (exact) mass is 389 g/mol. The average molecular weight is 390 g/mol. The maximum absolute atomic E-state index is 11.4. The minimum atomic E-state index is -0.147. The minimum absolute atomic E-state index is 0.0711. The van der Waals surface area contributed by atoms with Gasteiger partial charge in [-0.15, -0.1) is 0 Å². The van der Waals surface area contributed by atoms with Crippen molar-refractivity contribution in [3.05, 3.63) is 59.5 Å². The summed E-state index contributed by atoms with van der Waals surface area (Å²) in [6.07, 6.45) is 17.8. The minimum Gasteiger partial charge on any atom is -0.462 e. The van der Waals surface area contributed by atoms with Crippen LogP contribution in [0.15, 0.2) is 53.9 Å². The Labute approximate surface area is 173 Å². The van der Waals surface area contributed by atoms with Crippen molar-refractivity contribution in [1.82, 2.24) is 4.98 Å². The van der Waals surface area contributed by atoms with Crippen molar-refractivity contribution in [2.24, 2.45) is 22.7 Å². The van der Waals surface area contributed by atoms with Gasteiger partial charge in [-0.1, -0.05) is 49.3 Å². The van der Waals surface area contributed by atoms with Crippen molar-refractivity contribution in [2.75, 3.05) is 0 Å². The molecule has 5 atom stereocenters. The molecule has 2 saturated carbocycles. The number of hydrogen-bond acceptors (Lipinski definition) is 3. The van der Waals surface area contributed by atoms with E-state index in [0.29, 0.717) is 11.8 Å². The molecule has 0 spiro atoms. The van der Waals surface area contributed by atoms with Gasteiger partial charge in [0.05, 0.1) is 0 Å². The lowest BCUT2D eigenvalue weighted by molar-refractivity contribution is -0.148. The Hall–Kier alpha value is -2.16. The summed E-state index contributed by atoms with van der Waals surface area (Å²) in [6, 6.07) is 4.24. The molecular formula is C26H31NO2. The molecule has 0 saturated heterocycles. The van der Waals surface area contributed by atoms with Gasteiger partial charge in [0.15, 0.2) is 0 Å². The van der Waals surface area contributed by atoms with Gasteiger partial charge in [-0.05, 0) is 66.6 Å². The SMILES string of the molecule is CC(=O)O[C@H]1CC[C@@]2(C)C(=CCC3C4=CC=C(c5cccnc5)[C@@]4(C)CCC32)C1. The Balaban J connectivity index is 1.42. The second kappa shape index (κ2) is 6.68. The van der Waals surface area contributed by atoms with E-state index in [0.717, 1.165) is 25.7 Å². The van der Waals surface area contributed by atoms with E-state index in [1.54, 1.807) is 11.1 Å². The van der Waals surface area contributed by atoms with Crippen LogP contribution in [0.5, 0.6) is 0 Å². The number of carbonyl (C=O) groups is 1. The molecule has 2 unspecified atom stereocenters. The maximum atomic E-state index is 11.4. The van der Waals surface area contributed by atoms with Crippen molar-refractivity contribution < 1.29 is 9.53 Å². The summed E-state index contributed by atoms with van der Waals surface area (Å²) in [7, 11) is 0. The number of fused-ring (bicyclic) bond motifs is 5. The Morgan fingerprint density at radius 2 is 2.07 bits per heavy atom. The largest absolute Gasteiger partial charge is 0.462 e. The maximum Gasteiger partial charge on any atom is 0.302 e. The fraction of sp³-hybridized carbons (Fsp3) is 0.538. The standard InChI is InChI=1S/C26H31NO2/c1-17(28)29-20-10-12-25(2)19(15-20)6-7-21-23-9-8-22(18-5-4-14-27-16-18)26(23,3)13-11-24(21)25/h4-6,8-9,14,16,20-21,24H,7,10-13,15H2,1-3H3/t20-,21?,24?,25-,26+/m0/s1. The predicted molar refractivity (Wildman–Crippen MR) is 115 cm³/mol. The highest BCUT2D eigenvalue weighted by atomic mass is 16.5. The Morgan fingerprint density at radius 1 is 1.21 bits per heavy atom. The van der Waals surface area contributed by atoms with Crippen LogP contribution in [0.2, 0.25) is 0 Å². The van der Waals surface area contributed by atoms with Crippen molar-refractivity contribution in [1.29, 1.82) is 0 Å². The van der Waals surface area contributed by atoms with Crippen LogP contribution < -0.4 is 0 Å². The van der Waals surface area contributed by atoms with Crippen molar-refractivity contribution in [2.45, 2.75) is 65.4 Å². The number of nitrogens with zero attached hydrogens (tertiary/aromatic N) is 1. The number of carbonyl (C=O) groups excluding carboxylic acids is 1. The molecule has 0 amide bonds. The first-order valence-corrected chi connectivity index (χ1v) is 11.1. The number of aromatic nitrogens is 1. The summed E-state index contributed by atoms with van der Waals surface area (Å²) in [6.45, 7) is 6.45. The van der Waals surface area contributed by atoms with Gasteiger partial charge in [0.25, 0.3) is 0 Å². The summed E-state index contributed by atoms with van der Waals surface area (Å²) in [5, 5.41) is 0. The van der Waals surface area contributed by atoms with Crippen LogP contribution >= 0.6 is 0 Å². The second-order valence-electron chi connectivity index (χ2n) is 9.88. The highest BCUT2D eigenvalue weighted by Gasteiger charge is 2.54. The van der Waals surface area contributed by atoms with E-state index in [9.17, 15) is 4.79 Å². The van der Waals surface area contributed by atoms with Crippen molar-refractivity contribution in [3.63, 3.8) is 0 Å². The summed E-state index contributed by atoms with van der Waals surface area (Å²) < 4.78 is 5.56. The fourth-order valence-corrected chi connectivity index (χ4v) is 6.91. The third kappa shape index (κ3) is 2.85. The van der Waals surface area contributed by atoms with Gasteiger partial charge in [-0.3, -0.25) is 9.78 Å². The molecule has 4 aliphatic rings. The molecule has 0 aromatic carbocycles. The molecular weight excluding hydrogens is 358 g/mol. The zero-order valence-electron chi connectivity index (χ0n) is 17.8. The second-order valence-corrected chi connectivity index (χ2v) is 9.88. The zero-order valence-corrected chi connectivity index (χ0v) is 17.8. The summed E-state index contributed by atoms with van der Waals surface area (Å²) in [4.78, 5) is 15.8. The Morgan fingerprint density at radius 3 is 2.83 bits per heavy atom. The Bertz CT molecular complexity index is 927. The van der Waals surface area contributed by atoms with Crippen LogP contribution in [-0.4, -0.2) is 17.1 Å². The molecule has 3 heteroatoms. The third-order valence-corrected chi connectivity index (χ3v) is 8.41. The first-order chi connectivity index (χ1) is 13.9. The highest BCUT2D eigenvalue weighted by molar-refractivity contribution is 5.78. The summed E-state index contributed by atoms with van der Waals surface area (Å²) in [5.41, 5.74) is 6.27. The third-order valence-electron chi connectivity index (χ3n) is 8.41. The Kier molecular flexibility index (Phi) is 4.34. The lowest BCUT2D eigenvalue weighted by Crippen LogP contribution is -2.47. The zero-order chi connectivity index (χ0) is 20.2. The molecule has 0 N–H and O–H groups in total. The van der Waals surface area contributed by atoms with E-state index in [1.165, 1.54) is 30.9 Å². The molecule has 5 rings (SSSR count). The van der Waals surface area contributed by atoms with Crippen LogP contribution in [0.1, 0.15) is 64.9 Å². The molecule has 0 radical (unpaired) electrons. The van der Waals surface area contributed by atoms with Crippen LogP contribution in [0.3, 0.4) is 0 Å². The number of pyridine rings is 1. The number of allylic oxidation sites excluding steroid dienone is 5. The quantitative estimate of drug-likeness (QED) is 0.468. The van der Waals surface area contributed by atoms with Gasteiger partial charge in [-0.25, -0.2) is 0 Å². The molecule has 0 bridgehead atoms. The predicted octanol–water partition coefficient (Wildman–Crippen LogP) is 5.89. The first-order valence-electron chi connectivity index (χ1n) is 11.1. The van der Waals surface area contributed by atoms with Gasteiger partial charge in [0.1, 0.15) is 6.10 Å². The van der Waals surface area contributed by atoms with Crippen LogP contribution in [-0.2, 0) is 9.53 Å². The van der Waals surface area contributed by atoms with E-state index in [4.69, 9.17) is 4.74 Å². The molecule has 1 aromatic heterocycles. The van der Waals surface area contributed by atoms with E-state index in [2.05, 4.69) is 43.1 Å². The fourth-order valence-electron chi connectivity index (χ4n) is 6.91. The van der Waals surface area contributed by atoms with Crippen molar-refractivity contribution in [3.8, 4) is 0 Å². The lowest BCUT2D eigenvalue weighted by atomic mass is 9.49. The molecule has 2 fully saturated rings. The normalized spacial score (nSPS) is 38.0. The molecule has 1 aromatic rings. The van der Waals surface area contributed by atoms with Gasteiger partial charge in [0.2, 0.25) is 0 Å². The van der Waals surface area contributed by atoms with Crippen LogP contribution in [0.4, 0.5) is 0 Å². The number of esters is 1. The molecule has 3 nitrogen and oxygen atoms in total. The van der Waals surface area contributed by atoms with Gasteiger partial charge >= 0.3 is 5.97 Å². The van der Waals surface area contributed by atoms with Gasteiger partial charge < -0.3 is 4.74 Å². The van der Waals surface area contributed by atoms with E-state index in [-0.39, 0.29) is 22.9 Å². The van der Waals surface area contributed by atoms with Gasteiger partial charge in [0, 0.05) is 31.2 Å². The summed E-state index contributed by atoms with van der Waals surface area (Å²) in [5.74, 6) is 1.17. The molecule has 29 heavy (non-hydrogen) atoms. The average Bonchev–Trinajstić information content (AvgIpc) is 3.06. The molecule has 1 heterocycles. The van der Waals surface area contributed by atoms with E-state index < -0.39 is 0 Å². The number of ether oxygens (including phenoxy) is 1. The van der Waals surface area contributed by atoms with Gasteiger partial charge in [-0.2, -0.15) is 0 Å². The first kappa shape index (κ1) is 18.8. The molecule has 152 valence electrons. The van der Waals surface area contributed by atoms with E-state index >= 15 is 0 Å². The van der Waals surface area contributed by atoms with Crippen LogP contribution in [0.25, 0.3) is 5.57 Å². The number of rotatable bonds is 2. The lowest BCUT2D eigenvalue weighted by Gasteiger charge is -2.56.